The molecule has 0 radical (unpaired) electrons. The summed E-state index contributed by atoms with van der Waals surface area (Å²) in [6, 6.07) is 0. The topological polar surface area (TPSA) is 101 Å². The van der Waals surface area contributed by atoms with Gasteiger partial charge in [-0.2, -0.15) is 8.42 Å². The van der Waals surface area contributed by atoms with Gasteiger partial charge >= 0.3 is 0 Å². The van der Waals surface area contributed by atoms with Crippen molar-refractivity contribution in [2.75, 3.05) is 13.1 Å². The van der Waals surface area contributed by atoms with Crippen LogP contribution in [0.15, 0.2) is 24.4 Å². The zero-order valence-corrected chi connectivity index (χ0v) is 10.7. The summed E-state index contributed by atoms with van der Waals surface area (Å²) in [5.41, 5.74) is 4.91. The van der Waals surface area contributed by atoms with E-state index in [4.69, 9.17) is 10.3 Å². The van der Waals surface area contributed by atoms with Crippen molar-refractivity contribution in [3.8, 4) is 0 Å². The quantitative estimate of drug-likeness (QED) is 0.687. The van der Waals surface area contributed by atoms with E-state index in [-0.39, 0.29) is 18.8 Å². The smallest absolute Gasteiger partial charge is 0.277 e. The average Bonchev–Trinajstić information content (AvgIpc) is 2.17. The number of allylic oxidation sites excluding steroid dienone is 2. The van der Waals surface area contributed by atoms with E-state index >= 15 is 0 Å². The minimum absolute atomic E-state index is 0. The Hall–Kier alpha value is -1.05. The minimum Gasteiger partial charge on any atom is -0.374 e. The molecule has 3 N–H and O–H groups in total. The second-order valence-electron chi connectivity index (χ2n) is 3.46. The molecule has 0 aliphatic carbocycles. The zero-order valence-electron chi connectivity index (χ0n) is 9.02. The van der Waals surface area contributed by atoms with Crippen molar-refractivity contribution in [3.63, 3.8) is 0 Å². The molecular weight excluding hydrogens is 268 g/mol. The van der Waals surface area contributed by atoms with Gasteiger partial charge in [0, 0.05) is 13.1 Å². The molecule has 1 rings (SSSR count). The molecule has 1 unspecified atom stereocenters. The summed E-state index contributed by atoms with van der Waals surface area (Å²) in [6.45, 7) is 0.988. The molecule has 0 aromatic heterocycles. The second-order valence-corrected chi connectivity index (χ2v) is 5.06. The van der Waals surface area contributed by atoms with Gasteiger partial charge in [0.1, 0.15) is 0 Å². The molecule has 17 heavy (non-hydrogen) atoms. The summed E-state index contributed by atoms with van der Waals surface area (Å²) in [5, 5.41) is -1.54. The van der Waals surface area contributed by atoms with Crippen LogP contribution < -0.4 is 5.73 Å². The molecule has 0 fully saturated rings. The van der Waals surface area contributed by atoms with E-state index in [1.807, 2.05) is 17.1 Å². The van der Waals surface area contributed by atoms with Crippen LogP contribution in [0.1, 0.15) is 6.42 Å². The van der Waals surface area contributed by atoms with Crippen LogP contribution >= 0.6 is 12.4 Å². The van der Waals surface area contributed by atoms with E-state index in [9.17, 15) is 13.2 Å². The zero-order chi connectivity index (χ0) is 12.2. The first-order valence-corrected chi connectivity index (χ1v) is 6.24. The molecule has 98 valence electrons. The first-order valence-electron chi connectivity index (χ1n) is 4.74. The fourth-order valence-corrected chi connectivity index (χ4v) is 2.09. The fourth-order valence-electron chi connectivity index (χ4n) is 1.39. The largest absolute Gasteiger partial charge is 0.374 e. The van der Waals surface area contributed by atoms with Crippen molar-refractivity contribution in [1.29, 1.82) is 0 Å². The molecule has 1 aliphatic heterocycles. The van der Waals surface area contributed by atoms with E-state index in [0.29, 0.717) is 13.1 Å². The van der Waals surface area contributed by atoms with Gasteiger partial charge in [-0.15, -0.1) is 12.4 Å². The molecule has 1 atom stereocenters. The maximum atomic E-state index is 10.9. The van der Waals surface area contributed by atoms with Crippen molar-refractivity contribution in [1.82, 2.24) is 4.90 Å². The standard InChI is InChI=1S/C9H14N2O4S.ClH/c10-9(12)8(16(13,14)15)4-7-11-5-2-1-3-6-11;/h1-3,5,8H,4,6-7H2,(H2,10,12)(H,13,14,15);1H. The summed E-state index contributed by atoms with van der Waals surface area (Å²) in [6.07, 6.45) is 7.32. The Kier molecular flexibility index (Phi) is 6.22. The van der Waals surface area contributed by atoms with Crippen LogP contribution in [-0.4, -0.2) is 42.1 Å². The molecule has 1 amide bonds. The molecule has 0 saturated heterocycles. The molecule has 1 aliphatic rings. The Bertz CT molecular complexity index is 419. The van der Waals surface area contributed by atoms with E-state index in [1.54, 1.807) is 12.3 Å². The van der Waals surface area contributed by atoms with Crippen LogP contribution in [0.4, 0.5) is 0 Å². The van der Waals surface area contributed by atoms with Crippen LogP contribution in [-0.2, 0) is 14.9 Å². The number of nitrogens with zero attached hydrogens (tertiary/aromatic N) is 1. The maximum Gasteiger partial charge on any atom is 0.277 e. The van der Waals surface area contributed by atoms with Gasteiger partial charge in [-0.3, -0.25) is 9.35 Å². The summed E-state index contributed by atoms with van der Waals surface area (Å²) in [5.74, 6) is -1.03. The fraction of sp³-hybridized carbons (Fsp3) is 0.444. The minimum atomic E-state index is -4.41. The third-order valence-corrected chi connectivity index (χ3v) is 3.43. The number of carbonyl (C=O) groups is 1. The molecule has 0 aromatic carbocycles. The van der Waals surface area contributed by atoms with E-state index in [2.05, 4.69) is 0 Å². The van der Waals surface area contributed by atoms with E-state index in [0.717, 1.165) is 0 Å². The highest BCUT2D eigenvalue weighted by molar-refractivity contribution is 7.87. The van der Waals surface area contributed by atoms with Gasteiger partial charge in [0.05, 0.1) is 0 Å². The van der Waals surface area contributed by atoms with Crippen LogP contribution in [0.2, 0.25) is 0 Å². The Balaban J connectivity index is 0.00000256. The normalized spacial score (nSPS) is 16.4. The molecule has 0 aromatic rings. The van der Waals surface area contributed by atoms with Gasteiger partial charge in [-0.05, 0) is 18.7 Å². The number of halogens is 1. The molecule has 8 heteroatoms. The van der Waals surface area contributed by atoms with E-state index in [1.165, 1.54) is 0 Å². The van der Waals surface area contributed by atoms with Crippen molar-refractivity contribution in [2.24, 2.45) is 5.73 Å². The van der Waals surface area contributed by atoms with Gasteiger partial charge < -0.3 is 10.6 Å². The van der Waals surface area contributed by atoms with Crippen LogP contribution in [0, 0.1) is 0 Å². The molecule has 0 spiro atoms. The predicted molar refractivity (Wildman–Crippen MR) is 66.2 cm³/mol. The van der Waals surface area contributed by atoms with Gasteiger partial charge in [0.2, 0.25) is 5.91 Å². The molecule has 6 nitrogen and oxygen atoms in total. The summed E-state index contributed by atoms with van der Waals surface area (Å²) in [4.78, 5) is 12.7. The lowest BCUT2D eigenvalue weighted by atomic mass is 10.2. The lowest BCUT2D eigenvalue weighted by Gasteiger charge is -2.21. The van der Waals surface area contributed by atoms with Crippen molar-refractivity contribution >= 4 is 28.4 Å². The first kappa shape index (κ1) is 16.0. The first-order chi connectivity index (χ1) is 7.41. The average molecular weight is 283 g/mol. The van der Waals surface area contributed by atoms with Gasteiger partial charge in [0.15, 0.2) is 5.25 Å². The lowest BCUT2D eigenvalue weighted by Crippen LogP contribution is -2.38. The summed E-state index contributed by atoms with van der Waals surface area (Å²) in [7, 11) is -4.41. The highest BCUT2D eigenvalue weighted by Crippen LogP contribution is 2.07. The number of nitrogens with two attached hydrogens (primary N) is 1. The number of primary amides is 1. The molecular formula is C9H15ClN2O4S. The Morgan fingerprint density at radius 2 is 2.12 bits per heavy atom. The van der Waals surface area contributed by atoms with Crippen molar-refractivity contribution in [2.45, 2.75) is 11.7 Å². The number of rotatable bonds is 5. The molecule has 0 saturated carbocycles. The van der Waals surface area contributed by atoms with Gasteiger partial charge in [0.25, 0.3) is 10.1 Å². The number of hydrogen-bond acceptors (Lipinski definition) is 4. The van der Waals surface area contributed by atoms with Crippen LogP contribution in [0.3, 0.4) is 0 Å². The number of carbonyl (C=O) groups excluding carboxylic acids is 1. The second kappa shape index (κ2) is 6.63. The Morgan fingerprint density at radius 1 is 1.47 bits per heavy atom. The van der Waals surface area contributed by atoms with Crippen LogP contribution in [0.5, 0.6) is 0 Å². The molecule has 1 heterocycles. The highest BCUT2D eigenvalue weighted by atomic mass is 35.5. The number of amides is 1. The molecule has 0 bridgehead atoms. The van der Waals surface area contributed by atoms with Crippen LogP contribution in [0.25, 0.3) is 0 Å². The van der Waals surface area contributed by atoms with E-state index < -0.39 is 21.3 Å². The van der Waals surface area contributed by atoms with Crippen molar-refractivity contribution < 1.29 is 17.8 Å². The predicted octanol–water partition coefficient (Wildman–Crippen LogP) is -0.0745. The summed E-state index contributed by atoms with van der Waals surface area (Å²) < 4.78 is 30.5. The van der Waals surface area contributed by atoms with Crippen molar-refractivity contribution in [3.05, 3.63) is 24.4 Å². The Labute approximate surface area is 106 Å². The van der Waals surface area contributed by atoms with Gasteiger partial charge in [-0.25, -0.2) is 0 Å². The highest BCUT2D eigenvalue weighted by Gasteiger charge is 2.28. The SMILES string of the molecule is Cl.NC(=O)C(CCN1C=CC=CC1)S(=O)(=O)O. The summed E-state index contributed by atoms with van der Waals surface area (Å²) >= 11 is 0. The maximum absolute atomic E-state index is 10.9. The monoisotopic (exact) mass is 282 g/mol. The third kappa shape index (κ3) is 5.20. The lowest BCUT2D eigenvalue weighted by molar-refractivity contribution is -0.117. The number of hydrogen-bond donors (Lipinski definition) is 2. The van der Waals surface area contributed by atoms with Gasteiger partial charge in [-0.1, -0.05) is 12.2 Å². The Morgan fingerprint density at radius 3 is 2.53 bits per heavy atom. The third-order valence-electron chi connectivity index (χ3n) is 2.24.